The summed E-state index contributed by atoms with van der Waals surface area (Å²) in [6.07, 6.45) is 6.28. The Hall–Kier alpha value is -0.570. The van der Waals surface area contributed by atoms with E-state index in [4.69, 9.17) is 0 Å². The van der Waals surface area contributed by atoms with Crippen molar-refractivity contribution in [3.63, 3.8) is 0 Å². The van der Waals surface area contributed by atoms with E-state index in [1.54, 1.807) is 0 Å². The lowest BCUT2D eigenvalue weighted by molar-refractivity contribution is -0.125. The number of carbonyl (C=O) groups is 1. The van der Waals surface area contributed by atoms with Crippen molar-refractivity contribution < 1.29 is 4.79 Å². The van der Waals surface area contributed by atoms with Gasteiger partial charge in [-0.05, 0) is 38.1 Å². The minimum absolute atomic E-state index is 0.0707. The van der Waals surface area contributed by atoms with Crippen molar-refractivity contribution in [1.82, 2.24) is 10.6 Å². The molecule has 1 saturated carbocycles. The standard InChI is InChI=1S/C15H30N2O/c1-11(2)8-9-13-6-5-7-14(13)17-15(18)12(3)10-16-4/h11-14,16H,5-10H2,1-4H3,(H,17,18). The van der Waals surface area contributed by atoms with Gasteiger partial charge >= 0.3 is 0 Å². The molecule has 1 aliphatic carbocycles. The van der Waals surface area contributed by atoms with Crippen LogP contribution in [-0.4, -0.2) is 25.5 Å². The van der Waals surface area contributed by atoms with Crippen molar-refractivity contribution in [2.45, 2.75) is 58.9 Å². The minimum Gasteiger partial charge on any atom is -0.353 e. The van der Waals surface area contributed by atoms with Crippen LogP contribution in [0.15, 0.2) is 0 Å². The van der Waals surface area contributed by atoms with Crippen molar-refractivity contribution >= 4 is 5.91 Å². The Kier molecular flexibility index (Phi) is 6.69. The molecule has 106 valence electrons. The summed E-state index contributed by atoms with van der Waals surface area (Å²) in [5, 5.41) is 6.32. The zero-order valence-electron chi connectivity index (χ0n) is 12.5. The summed E-state index contributed by atoms with van der Waals surface area (Å²) in [4.78, 5) is 12.0. The summed E-state index contributed by atoms with van der Waals surface area (Å²) in [5.74, 6) is 1.76. The molecule has 0 heterocycles. The number of hydrogen-bond donors (Lipinski definition) is 2. The third-order valence-electron chi connectivity index (χ3n) is 4.06. The van der Waals surface area contributed by atoms with E-state index in [1.165, 1.54) is 32.1 Å². The lowest BCUT2D eigenvalue weighted by Gasteiger charge is -2.23. The molecule has 0 spiro atoms. The van der Waals surface area contributed by atoms with Gasteiger partial charge in [-0.2, -0.15) is 0 Å². The van der Waals surface area contributed by atoms with Gasteiger partial charge in [0.25, 0.3) is 0 Å². The van der Waals surface area contributed by atoms with Crippen LogP contribution in [0, 0.1) is 17.8 Å². The molecule has 0 aromatic rings. The number of nitrogens with one attached hydrogen (secondary N) is 2. The highest BCUT2D eigenvalue weighted by Gasteiger charge is 2.29. The van der Waals surface area contributed by atoms with E-state index in [9.17, 15) is 4.79 Å². The van der Waals surface area contributed by atoms with Crippen molar-refractivity contribution in [1.29, 1.82) is 0 Å². The van der Waals surface area contributed by atoms with E-state index in [1.807, 2.05) is 14.0 Å². The maximum Gasteiger partial charge on any atom is 0.224 e. The van der Waals surface area contributed by atoms with Gasteiger partial charge in [0.15, 0.2) is 0 Å². The largest absolute Gasteiger partial charge is 0.353 e. The van der Waals surface area contributed by atoms with E-state index < -0.39 is 0 Å². The molecule has 3 unspecified atom stereocenters. The molecule has 0 saturated heterocycles. The molecule has 1 amide bonds. The van der Waals surface area contributed by atoms with Gasteiger partial charge in [0, 0.05) is 18.5 Å². The monoisotopic (exact) mass is 254 g/mol. The van der Waals surface area contributed by atoms with Crippen LogP contribution in [0.2, 0.25) is 0 Å². The molecular weight excluding hydrogens is 224 g/mol. The van der Waals surface area contributed by atoms with E-state index in [-0.39, 0.29) is 11.8 Å². The average molecular weight is 254 g/mol. The summed E-state index contributed by atoms with van der Waals surface area (Å²) >= 11 is 0. The lowest BCUT2D eigenvalue weighted by atomic mass is 9.93. The fraction of sp³-hybridized carbons (Fsp3) is 0.933. The third kappa shape index (κ3) is 4.97. The molecule has 18 heavy (non-hydrogen) atoms. The van der Waals surface area contributed by atoms with Gasteiger partial charge in [-0.25, -0.2) is 0 Å². The first-order chi connectivity index (χ1) is 8.54. The fourth-order valence-electron chi connectivity index (χ4n) is 2.84. The Morgan fingerprint density at radius 2 is 2.00 bits per heavy atom. The van der Waals surface area contributed by atoms with E-state index in [0.29, 0.717) is 12.0 Å². The Bertz CT molecular complexity index is 253. The molecule has 0 radical (unpaired) electrons. The normalized spacial score (nSPS) is 25.4. The fourth-order valence-corrected chi connectivity index (χ4v) is 2.84. The molecule has 0 bridgehead atoms. The smallest absolute Gasteiger partial charge is 0.224 e. The molecule has 3 heteroatoms. The third-order valence-corrected chi connectivity index (χ3v) is 4.06. The minimum atomic E-state index is 0.0707. The predicted molar refractivity (Wildman–Crippen MR) is 76.4 cm³/mol. The lowest BCUT2D eigenvalue weighted by Crippen LogP contribution is -2.42. The van der Waals surface area contributed by atoms with Crippen molar-refractivity contribution in [2.75, 3.05) is 13.6 Å². The highest BCUT2D eigenvalue weighted by Crippen LogP contribution is 2.30. The molecule has 1 rings (SSSR count). The summed E-state index contributed by atoms with van der Waals surface area (Å²) < 4.78 is 0. The van der Waals surface area contributed by atoms with Crippen LogP contribution < -0.4 is 10.6 Å². The van der Waals surface area contributed by atoms with Crippen LogP contribution in [0.1, 0.15) is 52.9 Å². The van der Waals surface area contributed by atoms with Crippen LogP contribution >= 0.6 is 0 Å². The Balaban J connectivity index is 2.37. The number of rotatable bonds is 7. The van der Waals surface area contributed by atoms with Crippen LogP contribution in [0.4, 0.5) is 0 Å². The van der Waals surface area contributed by atoms with Gasteiger partial charge in [0.05, 0.1) is 0 Å². The van der Waals surface area contributed by atoms with Gasteiger partial charge < -0.3 is 10.6 Å². The Labute approximate surface area is 112 Å². The molecule has 3 nitrogen and oxygen atoms in total. The zero-order chi connectivity index (χ0) is 13.5. The second-order valence-electron chi connectivity index (χ2n) is 6.24. The number of amides is 1. The Morgan fingerprint density at radius 3 is 2.61 bits per heavy atom. The van der Waals surface area contributed by atoms with E-state index in [0.717, 1.165) is 12.5 Å². The summed E-state index contributed by atoms with van der Waals surface area (Å²) in [5.41, 5.74) is 0. The van der Waals surface area contributed by atoms with Crippen LogP contribution in [-0.2, 0) is 4.79 Å². The first kappa shape index (κ1) is 15.5. The van der Waals surface area contributed by atoms with Crippen LogP contribution in [0.5, 0.6) is 0 Å². The first-order valence-corrected chi connectivity index (χ1v) is 7.49. The van der Waals surface area contributed by atoms with Crippen molar-refractivity contribution in [2.24, 2.45) is 17.8 Å². The molecule has 1 aliphatic rings. The van der Waals surface area contributed by atoms with Crippen LogP contribution in [0.3, 0.4) is 0 Å². The first-order valence-electron chi connectivity index (χ1n) is 7.49. The highest BCUT2D eigenvalue weighted by molar-refractivity contribution is 5.78. The quantitative estimate of drug-likeness (QED) is 0.733. The molecular formula is C15H30N2O. The second-order valence-corrected chi connectivity index (χ2v) is 6.24. The summed E-state index contributed by atoms with van der Waals surface area (Å²) in [6, 6.07) is 0.426. The predicted octanol–water partition coefficient (Wildman–Crippen LogP) is 2.56. The molecule has 0 aliphatic heterocycles. The second kappa shape index (κ2) is 7.78. The Morgan fingerprint density at radius 1 is 1.28 bits per heavy atom. The van der Waals surface area contributed by atoms with E-state index in [2.05, 4.69) is 24.5 Å². The zero-order valence-corrected chi connectivity index (χ0v) is 12.5. The number of carbonyl (C=O) groups excluding carboxylic acids is 1. The van der Waals surface area contributed by atoms with Gasteiger partial charge in [-0.1, -0.05) is 33.6 Å². The van der Waals surface area contributed by atoms with Crippen molar-refractivity contribution in [3.05, 3.63) is 0 Å². The highest BCUT2D eigenvalue weighted by atomic mass is 16.1. The topological polar surface area (TPSA) is 41.1 Å². The molecule has 2 N–H and O–H groups in total. The SMILES string of the molecule is CNCC(C)C(=O)NC1CCCC1CCC(C)C. The van der Waals surface area contributed by atoms with Gasteiger partial charge in [-0.3, -0.25) is 4.79 Å². The van der Waals surface area contributed by atoms with Gasteiger partial charge in [0.1, 0.15) is 0 Å². The maximum atomic E-state index is 12.0. The molecule has 0 aromatic carbocycles. The van der Waals surface area contributed by atoms with Gasteiger partial charge in [-0.15, -0.1) is 0 Å². The number of hydrogen-bond acceptors (Lipinski definition) is 2. The van der Waals surface area contributed by atoms with Crippen molar-refractivity contribution in [3.8, 4) is 0 Å². The molecule has 0 aromatic heterocycles. The molecule has 3 atom stereocenters. The summed E-state index contributed by atoms with van der Waals surface area (Å²) in [7, 11) is 1.89. The van der Waals surface area contributed by atoms with E-state index >= 15 is 0 Å². The van der Waals surface area contributed by atoms with Crippen LogP contribution in [0.25, 0.3) is 0 Å². The summed E-state index contributed by atoms with van der Waals surface area (Å²) in [6.45, 7) is 7.30. The van der Waals surface area contributed by atoms with Gasteiger partial charge in [0.2, 0.25) is 5.91 Å². The maximum absolute atomic E-state index is 12.0. The average Bonchev–Trinajstić information content (AvgIpc) is 2.74. The molecule has 1 fully saturated rings.